The molecule has 0 aromatic heterocycles. The Morgan fingerprint density at radius 3 is 2.58 bits per heavy atom. The first-order valence-corrected chi connectivity index (χ1v) is 4.09. The van der Waals surface area contributed by atoms with E-state index >= 15 is 0 Å². The minimum absolute atomic E-state index is 0. The predicted octanol–water partition coefficient (Wildman–Crippen LogP) is 1.46. The Bertz CT molecular complexity index is 149. The second kappa shape index (κ2) is 5.34. The molecule has 12 heavy (non-hydrogen) atoms. The molecule has 0 fully saturated rings. The molecule has 0 unspecified atom stereocenters. The zero-order valence-electron chi connectivity index (χ0n) is 8.17. The SMILES string of the molecule is CC(C)(C)[CH-]CN1[C-]=NCC1.[Y]. The maximum atomic E-state index is 4.02. The van der Waals surface area contributed by atoms with E-state index in [1.807, 2.05) is 0 Å². The Hall–Kier alpha value is 0.574. The Morgan fingerprint density at radius 1 is 1.50 bits per heavy atom. The summed E-state index contributed by atoms with van der Waals surface area (Å²) in [6, 6.07) is 0. The number of rotatable bonds is 2. The van der Waals surface area contributed by atoms with Crippen LogP contribution in [0.4, 0.5) is 0 Å². The Kier molecular flexibility index (Phi) is 5.59. The molecule has 1 radical (unpaired) electrons. The van der Waals surface area contributed by atoms with Crippen molar-refractivity contribution in [2.24, 2.45) is 10.4 Å². The molecule has 1 heterocycles. The topological polar surface area (TPSA) is 15.6 Å². The molecule has 0 bridgehead atoms. The van der Waals surface area contributed by atoms with Crippen LogP contribution >= 0.6 is 0 Å². The summed E-state index contributed by atoms with van der Waals surface area (Å²) in [6.45, 7) is 9.55. The summed E-state index contributed by atoms with van der Waals surface area (Å²) in [5.41, 5.74) is 0.310. The largest absolute Gasteiger partial charge is 0.560 e. The van der Waals surface area contributed by atoms with Gasteiger partial charge in [-0.1, -0.05) is 20.8 Å². The fraction of sp³-hybridized carbons (Fsp3) is 0.778. The molecule has 0 saturated carbocycles. The molecule has 0 spiro atoms. The fourth-order valence-corrected chi connectivity index (χ4v) is 0.887. The van der Waals surface area contributed by atoms with Gasteiger partial charge >= 0.3 is 0 Å². The van der Waals surface area contributed by atoms with Crippen LogP contribution < -0.4 is 0 Å². The molecule has 1 rings (SSSR count). The standard InChI is InChI=1S/C9H16N2.Y/c1-9(2,3)4-6-11-7-5-10-8-11;/h4H,5-7H2,1-3H3;/q-2;. The Balaban J connectivity index is 0.00000121. The van der Waals surface area contributed by atoms with Gasteiger partial charge < -0.3 is 22.7 Å². The van der Waals surface area contributed by atoms with Gasteiger partial charge in [-0.2, -0.15) is 5.41 Å². The van der Waals surface area contributed by atoms with Crippen molar-refractivity contribution in [2.75, 3.05) is 19.6 Å². The van der Waals surface area contributed by atoms with E-state index in [1.165, 1.54) is 0 Å². The Labute approximate surface area is 101 Å². The van der Waals surface area contributed by atoms with Gasteiger partial charge in [0.15, 0.2) is 0 Å². The summed E-state index contributed by atoms with van der Waals surface area (Å²) in [7, 11) is 0. The minimum Gasteiger partial charge on any atom is -0.560 e. The van der Waals surface area contributed by atoms with Gasteiger partial charge in [0.25, 0.3) is 0 Å². The van der Waals surface area contributed by atoms with Gasteiger partial charge in [0.2, 0.25) is 0 Å². The second-order valence-electron chi connectivity index (χ2n) is 4.00. The van der Waals surface area contributed by atoms with Crippen molar-refractivity contribution in [1.29, 1.82) is 0 Å². The third-order valence-electron chi connectivity index (χ3n) is 1.62. The van der Waals surface area contributed by atoms with Crippen LogP contribution in [0, 0.1) is 11.8 Å². The first-order valence-electron chi connectivity index (χ1n) is 4.09. The van der Waals surface area contributed by atoms with E-state index in [0.29, 0.717) is 5.41 Å². The average molecular weight is 241 g/mol. The van der Waals surface area contributed by atoms with Crippen molar-refractivity contribution in [1.82, 2.24) is 4.90 Å². The smallest absolute Gasteiger partial charge is 0.0165 e. The van der Waals surface area contributed by atoms with Crippen molar-refractivity contribution >= 4 is 6.34 Å². The van der Waals surface area contributed by atoms with E-state index in [1.54, 1.807) is 0 Å². The van der Waals surface area contributed by atoms with Gasteiger partial charge in [-0.05, 0) is 0 Å². The van der Waals surface area contributed by atoms with E-state index in [-0.39, 0.29) is 32.7 Å². The number of nitrogens with zero attached hydrogens (tertiary/aromatic N) is 2. The van der Waals surface area contributed by atoms with Crippen molar-refractivity contribution in [3.8, 4) is 0 Å². The van der Waals surface area contributed by atoms with E-state index < -0.39 is 0 Å². The van der Waals surface area contributed by atoms with Gasteiger partial charge in [-0.25, -0.2) is 0 Å². The van der Waals surface area contributed by atoms with Gasteiger partial charge in [0.05, 0.1) is 0 Å². The third kappa shape index (κ3) is 5.26. The minimum atomic E-state index is 0. The van der Waals surface area contributed by atoms with Crippen molar-refractivity contribution in [2.45, 2.75) is 20.8 Å². The zero-order valence-corrected chi connectivity index (χ0v) is 11.0. The summed E-state index contributed by atoms with van der Waals surface area (Å²) < 4.78 is 0. The van der Waals surface area contributed by atoms with Crippen molar-refractivity contribution in [3.05, 3.63) is 6.42 Å². The average Bonchev–Trinajstić information content (AvgIpc) is 2.32. The second-order valence-corrected chi connectivity index (χ2v) is 4.00. The molecule has 0 aliphatic carbocycles. The van der Waals surface area contributed by atoms with Crippen LogP contribution in [-0.2, 0) is 32.7 Å². The molecular weight excluding hydrogens is 225 g/mol. The summed E-state index contributed by atoms with van der Waals surface area (Å²) >= 11 is 0. The van der Waals surface area contributed by atoms with E-state index in [4.69, 9.17) is 0 Å². The summed E-state index contributed by atoms with van der Waals surface area (Å²) in [6.07, 6.45) is 5.25. The number of hydrogen-bond acceptors (Lipinski definition) is 2. The normalized spacial score (nSPS) is 16.4. The molecule has 67 valence electrons. The molecule has 3 heteroatoms. The van der Waals surface area contributed by atoms with Crippen molar-refractivity contribution in [3.63, 3.8) is 0 Å². The molecule has 0 aromatic carbocycles. The monoisotopic (exact) mass is 241 g/mol. The van der Waals surface area contributed by atoms with E-state index in [9.17, 15) is 0 Å². The molecule has 0 aromatic rings. The number of aliphatic imine (C=N–C) groups is 1. The molecule has 0 amide bonds. The summed E-state index contributed by atoms with van der Waals surface area (Å²) in [5.74, 6) is 0. The van der Waals surface area contributed by atoms with Crippen LogP contribution in [0.5, 0.6) is 0 Å². The van der Waals surface area contributed by atoms with Gasteiger partial charge in [0, 0.05) is 45.8 Å². The molecule has 0 saturated heterocycles. The maximum Gasteiger partial charge on any atom is 0.0165 e. The van der Waals surface area contributed by atoms with Crippen LogP contribution in [0.15, 0.2) is 4.99 Å². The van der Waals surface area contributed by atoms with Gasteiger partial charge in [0.1, 0.15) is 0 Å². The first-order chi connectivity index (χ1) is 5.08. The fourth-order valence-electron chi connectivity index (χ4n) is 0.887. The van der Waals surface area contributed by atoms with Crippen LogP contribution in [0.2, 0.25) is 0 Å². The molecular formula is C9H16N2Y-2. The third-order valence-corrected chi connectivity index (χ3v) is 1.62. The first kappa shape index (κ1) is 12.6. The summed E-state index contributed by atoms with van der Waals surface area (Å²) in [4.78, 5) is 6.14. The molecule has 2 nitrogen and oxygen atoms in total. The predicted molar refractivity (Wildman–Crippen MR) is 47.6 cm³/mol. The van der Waals surface area contributed by atoms with Crippen LogP contribution in [-0.4, -0.2) is 30.9 Å². The zero-order chi connectivity index (χ0) is 8.32. The van der Waals surface area contributed by atoms with E-state index in [0.717, 1.165) is 19.6 Å². The quantitative estimate of drug-likeness (QED) is 0.668. The number of hydrogen-bond donors (Lipinski definition) is 0. The summed E-state index contributed by atoms with van der Waals surface area (Å²) in [5, 5.41) is 0. The van der Waals surface area contributed by atoms with Crippen LogP contribution in [0.3, 0.4) is 0 Å². The molecule has 1 aliphatic rings. The maximum absolute atomic E-state index is 4.02. The molecule has 0 atom stereocenters. The van der Waals surface area contributed by atoms with Crippen LogP contribution in [0.25, 0.3) is 0 Å². The van der Waals surface area contributed by atoms with Crippen molar-refractivity contribution < 1.29 is 32.7 Å². The van der Waals surface area contributed by atoms with Crippen LogP contribution in [0.1, 0.15) is 20.8 Å². The molecule has 0 N–H and O–H groups in total. The van der Waals surface area contributed by atoms with Gasteiger partial charge in [-0.15, -0.1) is 6.54 Å². The molecule has 1 aliphatic heterocycles. The van der Waals surface area contributed by atoms with Gasteiger partial charge in [-0.3, -0.25) is 0 Å². The Morgan fingerprint density at radius 2 is 2.17 bits per heavy atom. The van der Waals surface area contributed by atoms with E-state index in [2.05, 4.69) is 43.4 Å².